The molecule has 0 spiro atoms. The minimum absolute atomic E-state index is 0.284. The van der Waals surface area contributed by atoms with Crippen molar-refractivity contribution in [3.05, 3.63) is 77.6 Å². The van der Waals surface area contributed by atoms with Crippen molar-refractivity contribution in [3.8, 4) is 11.1 Å². The zero-order valence-corrected chi connectivity index (χ0v) is 17.2. The van der Waals surface area contributed by atoms with E-state index in [9.17, 15) is 4.79 Å². The fourth-order valence-electron chi connectivity index (χ4n) is 3.95. The standard InChI is InChI=1S/C26H26N2O2/c1-2-30-26(29)23-14-20(17-8-9-17)12-13-24(23)28-21-15-22(18-6-4-3-5-7-18)25(27-16-21)19-10-11-19/h3-7,12-17,19,28H,2,8-11H2,1H3. The molecule has 1 heterocycles. The van der Waals surface area contributed by atoms with Gasteiger partial charge in [0.1, 0.15) is 0 Å². The summed E-state index contributed by atoms with van der Waals surface area (Å²) in [5.74, 6) is 0.854. The number of hydrogen-bond acceptors (Lipinski definition) is 4. The molecule has 2 aromatic carbocycles. The number of carbonyl (C=O) groups excluding carboxylic acids is 1. The van der Waals surface area contributed by atoms with Crippen molar-refractivity contribution in [1.82, 2.24) is 4.98 Å². The summed E-state index contributed by atoms with van der Waals surface area (Å²) in [6.45, 7) is 2.20. The van der Waals surface area contributed by atoms with E-state index in [-0.39, 0.29) is 5.97 Å². The van der Waals surface area contributed by atoms with Crippen LogP contribution in [0.25, 0.3) is 11.1 Å². The van der Waals surface area contributed by atoms with E-state index >= 15 is 0 Å². The zero-order valence-electron chi connectivity index (χ0n) is 17.2. The number of carbonyl (C=O) groups is 1. The predicted molar refractivity (Wildman–Crippen MR) is 119 cm³/mol. The molecule has 2 fully saturated rings. The van der Waals surface area contributed by atoms with Crippen LogP contribution >= 0.6 is 0 Å². The minimum atomic E-state index is -0.284. The molecule has 0 aliphatic heterocycles. The predicted octanol–water partition coefficient (Wildman–Crippen LogP) is 6.42. The minimum Gasteiger partial charge on any atom is -0.462 e. The van der Waals surface area contributed by atoms with Crippen molar-refractivity contribution in [2.75, 3.05) is 11.9 Å². The van der Waals surface area contributed by atoms with Gasteiger partial charge in [0.15, 0.2) is 0 Å². The Balaban J connectivity index is 1.50. The quantitative estimate of drug-likeness (QED) is 0.466. The van der Waals surface area contributed by atoms with Crippen LogP contribution in [0.4, 0.5) is 11.4 Å². The molecule has 0 bridgehead atoms. The van der Waals surface area contributed by atoms with E-state index in [1.54, 1.807) is 0 Å². The summed E-state index contributed by atoms with van der Waals surface area (Å²) in [4.78, 5) is 17.4. The molecular weight excluding hydrogens is 372 g/mol. The Morgan fingerprint density at radius 2 is 1.80 bits per heavy atom. The molecule has 4 heteroatoms. The summed E-state index contributed by atoms with van der Waals surface area (Å²) < 4.78 is 5.32. The number of benzene rings is 2. The molecule has 0 atom stereocenters. The molecule has 3 aromatic rings. The van der Waals surface area contributed by atoms with Crippen molar-refractivity contribution < 1.29 is 9.53 Å². The average Bonchev–Trinajstić information content (AvgIpc) is 3.68. The fraction of sp³-hybridized carbons (Fsp3) is 0.308. The summed E-state index contributed by atoms with van der Waals surface area (Å²) >= 11 is 0. The van der Waals surface area contributed by atoms with E-state index in [2.05, 4.69) is 41.7 Å². The number of pyridine rings is 1. The summed E-state index contributed by atoms with van der Waals surface area (Å²) in [7, 11) is 0. The van der Waals surface area contributed by atoms with Gasteiger partial charge in [-0.1, -0.05) is 36.4 Å². The lowest BCUT2D eigenvalue weighted by atomic mass is 10.0. The number of nitrogens with one attached hydrogen (secondary N) is 1. The smallest absolute Gasteiger partial charge is 0.340 e. The Labute approximate surface area is 177 Å². The van der Waals surface area contributed by atoms with Crippen LogP contribution in [0.3, 0.4) is 0 Å². The van der Waals surface area contributed by atoms with Gasteiger partial charge in [0.2, 0.25) is 0 Å². The Kier molecular flexibility index (Phi) is 4.99. The Morgan fingerprint density at radius 3 is 2.50 bits per heavy atom. The molecule has 152 valence electrons. The Hall–Kier alpha value is -3.14. The summed E-state index contributed by atoms with van der Waals surface area (Å²) in [5, 5.41) is 3.43. The van der Waals surface area contributed by atoms with Crippen LogP contribution in [0.5, 0.6) is 0 Å². The highest BCUT2D eigenvalue weighted by molar-refractivity contribution is 5.97. The lowest BCUT2D eigenvalue weighted by Gasteiger charge is -2.15. The monoisotopic (exact) mass is 398 g/mol. The van der Waals surface area contributed by atoms with Crippen molar-refractivity contribution in [2.24, 2.45) is 0 Å². The molecule has 2 aliphatic rings. The van der Waals surface area contributed by atoms with Gasteiger partial charge in [0, 0.05) is 11.5 Å². The van der Waals surface area contributed by atoms with Gasteiger partial charge in [0.05, 0.1) is 35.4 Å². The highest BCUT2D eigenvalue weighted by Gasteiger charge is 2.28. The number of rotatable bonds is 7. The van der Waals surface area contributed by atoms with Crippen molar-refractivity contribution in [2.45, 2.75) is 44.4 Å². The summed E-state index contributed by atoms with van der Waals surface area (Å²) in [6.07, 6.45) is 6.68. The first kappa shape index (κ1) is 18.9. The second-order valence-corrected chi connectivity index (χ2v) is 8.22. The largest absolute Gasteiger partial charge is 0.462 e. The van der Waals surface area contributed by atoms with E-state index in [1.165, 1.54) is 42.5 Å². The molecule has 2 saturated carbocycles. The lowest BCUT2D eigenvalue weighted by Crippen LogP contribution is -2.09. The van der Waals surface area contributed by atoms with Crippen molar-refractivity contribution >= 4 is 17.3 Å². The molecule has 0 amide bonds. The molecule has 30 heavy (non-hydrogen) atoms. The lowest BCUT2D eigenvalue weighted by molar-refractivity contribution is 0.0527. The molecule has 2 aliphatic carbocycles. The summed E-state index contributed by atoms with van der Waals surface area (Å²) in [6, 6.07) is 18.7. The van der Waals surface area contributed by atoms with Gasteiger partial charge in [-0.25, -0.2) is 4.79 Å². The molecular formula is C26H26N2O2. The normalized spacial score (nSPS) is 15.6. The van der Waals surface area contributed by atoms with Gasteiger partial charge >= 0.3 is 5.97 Å². The highest BCUT2D eigenvalue weighted by atomic mass is 16.5. The number of ether oxygens (including phenoxy) is 1. The fourth-order valence-corrected chi connectivity index (χ4v) is 3.95. The first-order chi connectivity index (χ1) is 14.7. The molecule has 4 nitrogen and oxygen atoms in total. The Morgan fingerprint density at radius 1 is 1.03 bits per heavy atom. The van der Waals surface area contributed by atoms with Crippen LogP contribution in [0.2, 0.25) is 0 Å². The Bertz CT molecular complexity index is 1070. The molecule has 0 radical (unpaired) electrons. The third kappa shape index (κ3) is 3.95. The third-order valence-corrected chi connectivity index (χ3v) is 5.83. The van der Waals surface area contributed by atoms with Gasteiger partial charge in [-0.15, -0.1) is 0 Å². The summed E-state index contributed by atoms with van der Waals surface area (Å²) in [5.41, 5.74) is 6.95. The van der Waals surface area contributed by atoms with Crippen LogP contribution < -0.4 is 5.32 Å². The van der Waals surface area contributed by atoms with Gasteiger partial charge in [-0.05, 0) is 67.9 Å². The number of esters is 1. The topological polar surface area (TPSA) is 51.2 Å². The van der Waals surface area contributed by atoms with Crippen LogP contribution in [0, 0.1) is 0 Å². The zero-order chi connectivity index (χ0) is 20.5. The molecule has 1 aromatic heterocycles. The van der Waals surface area contributed by atoms with E-state index in [0.717, 1.165) is 16.9 Å². The van der Waals surface area contributed by atoms with E-state index in [1.807, 2.05) is 31.3 Å². The maximum absolute atomic E-state index is 12.6. The van der Waals surface area contributed by atoms with E-state index in [0.29, 0.717) is 24.0 Å². The second-order valence-electron chi connectivity index (χ2n) is 8.22. The van der Waals surface area contributed by atoms with Gasteiger partial charge in [-0.2, -0.15) is 0 Å². The molecule has 0 unspecified atom stereocenters. The van der Waals surface area contributed by atoms with Gasteiger partial charge in [-0.3, -0.25) is 4.98 Å². The van der Waals surface area contributed by atoms with Crippen LogP contribution in [0.1, 0.15) is 66.1 Å². The number of anilines is 2. The molecule has 1 N–H and O–H groups in total. The third-order valence-electron chi connectivity index (χ3n) is 5.83. The maximum Gasteiger partial charge on any atom is 0.340 e. The van der Waals surface area contributed by atoms with Crippen LogP contribution in [-0.2, 0) is 4.74 Å². The van der Waals surface area contributed by atoms with Crippen molar-refractivity contribution in [3.63, 3.8) is 0 Å². The maximum atomic E-state index is 12.6. The van der Waals surface area contributed by atoms with E-state index < -0.39 is 0 Å². The van der Waals surface area contributed by atoms with Crippen LogP contribution in [0.15, 0.2) is 60.8 Å². The first-order valence-corrected chi connectivity index (χ1v) is 10.9. The highest BCUT2D eigenvalue weighted by Crippen LogP contribution is 2.44. The number of nitrogens with zero attached hydrogens (tertiary/aromatic N) is 1. The van der Waals surface area contributed by atoms with Crippen molar-refractivity contribution in [1.29, 1.82) is 0 Å². The van der Waals surface area contributed by atoms with Crippen LogP contribution in [-0.4, -0.2) is 17.6 Å². The average molecular weight is 399 g/mol. The van der Waals surface area contributed by atoms with E-state index in [4.69, 9.17) is 9.72 Å². The number of aromatic nitrogens is 1. The SMILES string of the molecule is CCOC(=O)c1cc(C2CC2)ccc1Nc1cnc(C2CC2)c(-c2ccccc2)c1. The first-order valence-electron chi connectivity index (χ1n) is 10.9. The molecule has 0 saturated heterocycles. The molecule has 5 rings (SSSR count). The number of hydrogen-bond donors (Lipinski definition) is 1. The van der Waals surface area contributed by atoms with Gasteiger partial charge < -0.3 is 10.1 Å². The second kappa shape index (κ2) is 7.94. The van der Waals surface area contributed by atoms with Gasteiger partial charge in [0.25, 0.3) is 0 Å².